The maximum absolute atomic E-state index is 12.2. The van der Waals surface area contributed by atoms with Gasteiger partial charge in [0.1, 0.15) is 11.4 Å². The van der Waals surface area contributed by atoms with E-state index in [1.54, 1.807) is 0 Å². The standard InChI is InChI=1S/C7H10F3N3/c1-6(12)4(11)2-3-5(13-6)7(8,9)10/h2-3,13H,11-12H2,1H3. The number of allylic oxidation sites excluding steroid dienone is 3. The fourth-order valence-electron chi connectivity index (χ4n) is 0.905. The third-order valence-corrected chi connectivity index (χ3v) is 1.73. The number of nitrogens with one attached hydrogen (secondary N) is 1. The van der Waals surface area contributed by atoms with Crippen LogP contribution in [0, 0.1) is 0 Å². The minimum Gasteiger partial charge on any atom is -0.399 e. The molecular formula is C7H10F3N3. The first-order valence-electron chi connectivity index (χ1n) is 3.55. The topological polar surface area (TPSA) is 64.1 Å². The number of halogens is 3. The first-order valence-corrected chi connectivity index (χ1v) is 3.55. The van der Waals surface area contributed by atoms with Gasteiger partial charge in [-0.3, -0.25) is 0 Å². The first-order chi connectivity index (χ1) is 5.73. The van der Waals surface area contributed by atoms with Crippen LogP contribution >= 0.6 is 0 Å². The van der Waals surface area contributed by atoms with Crippen LogP contribution in [0.1, 0.15) is 6.92 Å². The van der Waals surface area contributed by atoms with Gasteiger partial charge in [-0.15, -0.1) is 0 Å². The number of alkyl halides is 3. The molecular weight excluding hydrogens is 183 g/mol. The molecule has 0 spiro atoms. The van der Waals surface area contributed by atoms with E-state index >= 15 is 0 Å². The van der Waals surface area contributed by atoms with Gasteiger partial charge in [-0.05, 0) is 19.1 Å². The highest BCUT2D eigenvalue weighted by Crippen LogP contribution is 2.27. The van der Waals surface area contributed by atoms with E-state index in [4.69, 9.17) is 11.5 Å². The van der Waals surface area contributed by atoms with Crippen molar-refractivity contribution in [2.75, 3.05) is 0 Å². The van der Waals surface area contributed by atoms with E-state index in [0.717, 1.165) is 12.2 Å². The van der Waals surface area contributed by atoms with Crippen LogP contribution in [0.2, 0.25) is 0 Å². The van der Waals surface area contributed by atoms with Crippen LogP contribution in [0.25, 0.3) is 0 Å². The van der Waals surface area contributed by atoms with Crippen molar-refractivity contribution in [3.63, 3.8) is 0 Å². The Morgan fingerprint density at radius 1 is 1.38 bits per heavy atom. The van der Waals surface area contributed by atoms with Crippen LogP contribution < -0.4 is 16.8 Å². The molecule has 1 atom stereocenters. The highest BCUT2D eigenvalue weighted by atomic mass is 19.4. The van der Waals surface area contributed by atoms with E-state index < -0.39 is 17.5 Å². The van der Waals surface area contributed by atoms with Crippen LogP contribution in [0.5, 0.6) is 0 Å². The summed E-state index contributed by atoms with van der Waals surface area (Å²) >= 11 is 0. The van der Waals surface area contributed by atoms with E-state index in [1.807, 2.05) is 0 Å². The zero-order valence-corrected chi connectivity index (χ0v) is 6.94. The molecule has 1 aliphatic rings. The lowest BCUT2D eigenvalue weighted by Gasteiger charge is -2.32. The van der Waals surface area contributed by atoms with Gasteiger partial charge >= 0.3 is 6.18 Å². The maximum Gasteiger partial charge on any atom is 0.430 e. The van der Waals surface area contributed by atoms with Gasteiger partial charge in [0.15, 0.2) is 0 Å². The van der Waals surface area contributed by atoms with Crippen LogP contribution in [-0.4, -0.2) is 11.8 Å². The molecule has 0 saturated carbocycles. The Kier molecular flexibility index (Phi) is 2.03. The monoisotopic (exact) mass is 193 g/mol. The zero-order chi connectivity index (χ0) is 10.3. The second kappa shape index (κ2) is 2.66. The van der Waals surface area contributed by atoms with Crippen molar-refractivity contribution in [2.24, 2.45) is 11.5 Å². The molecule has 0 fully saturated rings. The third kappa shape index (κ3) is 1.95. The van der Waals surface area contributed by atoms with Gasteiger partial charge in [-0.25, -0.2) is 0 Å². The first kappa shape index (κ1) is 9.91. The summed E-state index contributed by atoms with van der Waals surface area (Å²) in [5.41, 5.74) is 8.79. The number of hydrogen-bond acceptors (Lipinski definition) is 3. The zero-order valence-electron chi connectivity index (χ0n) is 6.94. The van der Waals surface area contributed by atoms with E-state index in [2.05, 4.69) is 5.32 Å². The highest BCUT2D eigenvalue weighted by molar-refractivity contribution is 5.31. The molecule has 0 radical (unpaired) electrons. The summed E-state index contributed by atoms with van der Waals surface area (Å²) in [6.45, 7) is 1.37. The van der Waals surface area contributed by atoms with E-state index in [9.17, 15) is 13.2 Å². The predicted molar refractivity (Wildman–Crippen MR) is 42.1 cm³/mol. The summed E-state index contributed by atoms with van der Waals surface area (Å²) in [4.78, 5) is 0. The van der Waals surface area contributed by atoms with Crippen molar-refractivity contribution >= 4 is 0 Å². The molecule has 0 aromatic heterocycles. The van der Waals surface area contributed by atoms with Gasteiger partial charge in [-0.1, -0.05) is 0 Å². The van der Waals surface area contributed by atoms with Crippen LogP contribution in [-0.2, 0) is 0 Å². The Bertz CT molecular complexity index is 275. The largest absolute Gasteiger partial charge is 0.430 e. The van der Waals surface area contributed by atoms with Gasteiger partial charge in [0, 0.05) is 5.70 Å². The minimum atomic E-state index is -4.42. The summed E-state index contributed by atoms with van der Waals surface area (Å²) in [6, 6.07) is 0. The molecule has 74 valence electrons. The van der Waals surface area contributed by atoms with Crippen LogP contribution in [0.15, 0.2) is 23.5 Å². The number of hydrogen-bond donors (Lipinski definition) is 3. The molecule has 0 amide bonds. The Morgan fingerprint density at radius 3 is 2.31 bits per heavy atom. The summed E-state index contributed by atoms with van der Waals surface area (Å²) in [7, 11) is 0. The molecule has 0 aromatic rings. The van der Waals surface area contributed by atoms with Crippen molar-refractivity contribution in [3.05, 3.63) is 23.5 Å². The number of dihydropyridines is 1. The summed E-state index contributed by atoms with van der Waals surface area (Å²) in [5, 5.41) is 2.10. The molecule has 13 heavy (non-hydrogen) atoms. The molecule has 0 saturated heterocycles. The van der Waals surface area contributed by atoms with Crippen molar-refractivity contribution in [2.45, 2.75) is 18.8 Å². The molecule has 5 N–H and O–H groups in total. The molecule has 0 aliphatic carbocycles. The molecule has 0 aromatic carbocycles. The van der Waals surface area contributed by atoms with Gasteiger partial charge < -0.3 is 16.8 Å². The van der Waals surface area contributed by atoms with Crippen LogP contribution in [0.4, 0.5) is 13.2 Å². The van der Waals surface area contributed by atoms with E-state index in [1.165, 1.54) is 6.92 Å². The second-order valence-corrected chi connectivity index (χ2v) is 3.03. The van der Waals surface area contributed by atoms with Crippen molar-refractivity contribution in [1.29, 1.82) is 0 Å². The Labute approximate surface area is 73.3 Å². The summed E-state index contributed by atoms with van der Waals surface area (Å²) in [5.74, 6) is 0. The summed E-state index contributed by atoms with van der Waals surface area (Å²) < 4.78 is 36.5. The fraction of sp³-hybridized carbons (Fsp3) is 0.429. The molecule has 3 nitrogen and oxygen atoms in total. The van der Waals surface area contributed by atoms with E-state index in [0.29, 0.717) is 0 Å². The predicted octanol–water partition coefficient (Wildman–Crippen LogP) is 0.553. The fourth-order valence-corrected chi connectivity index (χ4v) is 0.905. The maximum atomic E-state index is 12.2. The smallest absolute Gasteiger partial charge is 0.399 e. The van der Waals surface area contributed by atoms with Crippen LogP contribution in [0.3, 0.4) is 0 Å². The average molecular weight is 193 g/mol. The minimum absolute atomic E-state index is 0.167. The number of nitrogens with two attached hydrogens (primary N) is 2. The third-order valence-electron chi connectivity index (χ3n) is 1.73. The lowest BCUT2D eigenvalue weighted by Crippen LogP contribution is -2.57. The summed E-state index contributed by atoms with van der Waals surface area (Å²) in [6.07, 6.45) is -2.40. The molecule has 1 aliphatic heterocycles. The SMILES string of the molecule is CC1(N)NC(C(F)(F)F)=CC=C1N. The van der Waals surface area contributed by atoms with Gasteiger partial charge in [0.2, 0.25) is 0 Å². The normalized spacial score (nSPS) is 29.0. The lowest BCUT2D eigenvalue weighted by atomic mass is 10.1. The Balaban J connectivity index is 2.97. The average Bonchev–Trinajstić information content (AvgIpc) is 1.92. The molecule has 1 rings (SSSR count). The van der Waals surface area contributed by atoms with Gasteiger partial charge in [-0.2, -0.15) is 13.2 Å². The van der Waals surface area contributed by atoms with Crippen molar-refractivity contribution in [3.8, 4) is 0 Å². The second-order valence-electron chi connectivity index (χ2n) is 3.03. The molecule has 0 bridgehead atoms. The molecule has 1 unspecified atom stereocenters. The molecule has 6 heteroatoms. The molecule has 1 heterocycles. The van der Waals surface area contributed by atoms with Gasteiger partial charge in [0.25, 0.3) is 0 Å². The lowest BCUT2D eigenvalue weighted by molar-refractivity contribution is -0.0991. The Morgan fingerprint density at radius 2 is 1.92 bits per heavy atom. The number of rotatable bonds is 0. The van der Waals surface area contributed by atoms with Gasteiger partial charge in [0.05, 0.1) is 0 Å². The van der Waals surface area contributed by atoms with E-state index in [-0.39, 0.29) is 5.70 Å². The Hall–Kier alpha value is -1.17. The highest BCUT2D eigenvalue weighted by Gasteiger charge is 2.39. The van der Waals surface area contributed by atoms with Crippen molar-refractivity contribution in [1.82, 2.24) is 5.32 Å². The quantitative estimate of drug-likeness (QED) is 0.526. The van der Waals surface area contributed by atoms with Crippen molar-refractivity contribution < 1.29 is 13.2 Å².